The number of fused-ring (bicyclic) bond motifs is 3. The van der Waals surface area contributed by atoms with Gasteiger partial charge >= 0.3 is 0 Å². The summed E-state index contributed by atoms with van der Waals surface area (Å²) in [5.74, 6) is -0.268. The van der Waals surface area contributed by atoms with Crippen molar-refractivity contribution in [1.82, 2.24) is 25.5 Å². The average Bonchev–Trinajstić information content (AvgIpc) is 3.13. The fraction of sp³-hybridized carbons (Fsp3) is 0.219. The summed E-state index contributed by atoms with van der Waals surface area (Å²) in [4.78, 5) is 28.7. The van der Waals surface area contributed by atoms with E-state index >= 15 is 0 Å². The van der Waals surface area contributed by atoms with Crippen molar-refractivity contribution in [3.63, 3.8) is 0 Å². The zero-order chi connectivity index (χ0) is 30.1. The van der Waals surface area contributed by atoms with Gasteiger partial charge in [0.15, 0.2) is 5.96 Å². The van der Waals surface area contributed by atoms with Crippen molar-refractivity contribution in [2.45, 2.75) is 32.5 Å². The highest BCUT2D eigenvalue weighted by atomic mass is 35.5. The second-order valence-electron chi connectivity index (χ2n) is 10.8. The quantitative estimate of drug-likeness (QED) is 0.186. The number of carbonyl (C=O) groups excluding carboxylic acids is 1. The molecule has 2 atom stereocenters. The molecule has 2 aliphatic heterocycles. The Morgan fingerprint density at radius 3 is 2.51 bits per heavy atom. The maximum absolute atomic E-state index is 14.8. The van der Waals surface area contributed by atoms with Gasteiger partial charge in [-0.2, -0.15) is 0 Å². The number of hydrogen-bond donors (Lipinski definition) is 4. The predicted molar refractivity (Wildman–Crippen MR) is 167 cm³/mol. The molecule has 0 spiro atoms. The highest BCUT2D eigenvalue weighted by molar-refractivity contribution is 6.31. The standard InChI is InChI=1S/C32H30ClFN8O/c1-18-16-42(17-19(2)38-18)31(35)41-30(43)20-7-10-23(11-8-20)39-32-37-15-21-14-36-29(25-5-3-4-6-27(25)34)26-13-22(33)9-12-24(26)28(21)40-32/h3-13,15,18-19,38H,14,16-17H2,1-2H3,(H2,35,41,43)(H,37,39,40). The molecule has 3 aromatic carbocycles. The molecule has 0 radical (unpaired) electrons. The number of aliphatic imine (C=N–C) groups is 1. The SMILES string of the molecule is CC1CN(C(=N)NC(=O)c2ccc(Nc3ncc4c(n3)-c3ccc(Cl)cc3C(c3ccccc3F)=NC4)cc2)CC(C)N1. The van der Waals surface area contributed by atoms with Crippen LogP contribution in [0.25, 0.3) is 11.3 Å². The number of nitrogens with zero attached hydrogens (tertiary/aromatic N) is 4. The minimum Gasteiger partial charge on any atom is -0.340 e. The van der Waals surface area contributed by atoms with Crippen LogP contribution in [0.2, 0.25) is 5.02 Å². The van der Waals surface area contributed by atoms with E-state index in [0.717, 1.165) is 11.1 Å². The van der Waals surface area contributed by atoms with Crippen LogP contribution in [0.15, 0.2) is 77.9 Å². The molecule has 9 nitrogen and oxygen atoms in total. The molecule has 2 unspecified atom stereocenters. The van der Waals surface area contributed by atoms with Gasteiger partial charge in [0.1, 0.15) is 5.82 Å². The van der Waals surface area contributed by atoms with Gasteiger partial charge in [-0.15, -0.1) is 0 Å². The van der Waals surface area contributed by atoms with E-state index < -0.39 is 0 Å². The maximum atomic E-state index is 14.8. The van der Waals surface area contributed by atoms with Crippen molar-refractivity contribution >= 4 is 40.8 Å². The number of aromatic nitrogens is 2. The van der Waals surface area contributed by atoms with Crippen LogP contribution in [0, 0.1) is 11.2 Å². The Bertz CT molecular complexity index is 1730. The van der Waals surface area contributed by atoms with Crippen molar-refractivity contribution in [2.24, 2.45) is 4.99 Å². The van der Waals surface area contributed by atoms with E-state index in [-0.39, 0.29) is 36.3 Å². The Hall–Kier alpha value is -4.67. The smallest absolute Gasteiger partial charge is 0.257 e. The second kappa shape index (κ2) is 11.9. The summed E-state index contributed by atoms with van der Waals surface area (Å²) in [5.41, 5.74) is 4.93. The summed E-state index contributed by atoms with van der Waals surface area (Å²) in [7, 11) is 0. The molecule has 6 rings (SSSR count). The number of hydrogen-bond acceptors (Lipinski definition) is 7. The Kier molecular flexibility index (Phi) is 7.88. The number of carbonyl (C=O) groups is 1. The third-order valence-electron chi connectivity index (χ3n) is 7.40. The van der Waals surface area contributed by atoms with Gasteiger partial charge in [0.2, 0.25) is 5.95 Å². The van der Waals surface area contributed by atoms with Crippen LogP contribution in [-0.2, 0) is 6.54 Å². The molecular weight excluding hydrogens is 567 g/mol. The summed E-state index contributed by atoms with van der Waals surface area (Å²) in [6, 6.07) is 19.3. The Balaban J connectivity index is 1.20. The van der Waals surface area contributed by atoms with E-state index in [4.69, 9.17) is 27.0 Å². The zero-order valence-electron chi connectivity index (χ0n) is 23.7. The summed E-state index contributed by atoms with van der Waals surface area (Å²) in [5, 5.41) is 18.2. The minimum absolute atomic E-state index is 0.0921. The first-order valence-electron chi connectivity index (χ1n) is 14.0. The lowest BCUT2D eigenvalue weighted by Gasteiger charge is -2.37. The Morgan fingerprint density at radius 1 is 1.02 bits per heavy atom. The van der Waals surface area contributed by atoms with Crippen LogP contribution in [-0.4, -0.2) is 57.6 Å². The fourth-order valence-corrected chi connectivity index (χ4v) is 5.64. The molecule has 0 aliphatic carbocycles. The van der Waals surface area contributed by atoms with Crippen molar-refractivity contribution in [2.75, 3.05) is 18.4 Å². The van der Waals surface area contributed by atoms with Crippen molar-refractivity contribution in [3.8, 4) is 11.3 Å². The molecule has 4 aromatic rings. The van der Waals surface area contributed by atoms with Gasteiger partial charge in [0, 0.05) is 69.9 Å². The van der Waals surface area contributed by atoms with Crippen LogP contribution in [0.5, 0.6) is 0 Å². The first-order valence-corrected chi connectivity index (χ1v) is 14.4. The van der Waals surface area contributed by atoms with Crippen molar-refractivity contribution < 1.29 is 9.18 Å². The van der Waals surface area contributed by atoms with E-state index in [2.05, 4.69) is 34.8 Å². The molecule has 218 valence electrons. The van der Waals surface area contributed by atoms with Crippen LogP contribution in [0.4, 0.5) is 16.0 Å². The molecule has 11 heteroatoms. The number of piperazine rings is 1. The molecular formula is C32H30ClFN8O. The number of nitrogens with one attached hydrogen (secondary N) is 4. The number of guanidine groups is 1. The van der Waals surface area contributed by atoms with Crippen LogP contribution in [0.3, 0.4) is 0 Å². The van der Waals surface area contributed by atoms with Gasteiger partial charge < -0.3 is 15.5 Å². The first-order chi connectivity index (χ1) is 20.7. The van der Waals surface area contributed by atoms with Gasteiger partial charge in [-0.05, 0) is 62.4 Å². The Morgan fingerprint density at radius 2 is 1.77 bits per heavy atom. The Labute approximate surface area is 253 Å². The third kappa shape index (κ3) is 6.11. The average molecular weight is 597 g/mol. The topological polar surface area (TPSA) is 118 Å². The highest BCUT2D eigenvalue weighted by Crippen LogP contribution is 2.34. The number of amides is 1. The molecule has 1 aromatic heterocycles. The minimum atomic E-state index is -0.367. The number of benzene rings is 3. The van der Waals surface area contributed by atoms with Crippen LogP contribution >= 0.6 is 11.6 Å². The van der Waals surface area contributed by atoms with Gasteiger partial charge in [0.25, 0.3) is 5.91 Å². The van der Waals surface area contributed by atoms with E-state index in [1.165, 1.54) is 6.07 Å². The molecule has 0 bridgehead atoms. The number of halogens is 2. The zero-order valence-corrected chi connectivity index (χ0v) is 24.4. The normalized spacial score (nSPS) is 17.7. The lowest BCUT2D eigenvalue weighted by molar-refractivity contribution is 0.0969. The van der Waals surface area contributed by atoms with Gasteiger partial charge in [-0.3, -0.25) is 20.5 Å². The fourth-order valence-electron chi connectivity index (χ4n) is 5.47. The summed E-state index contributed by atoms with van der Waals surface area (Å²) in [6.07, 6.45) is 1.71. The summed E-state index contributed by atoms with van der Waals surface area (Å²) in [6.45, 7) is 5.70. The van der Waals surface area contributed by atoms with E-state index in [9.17, 15) is 9.18 Å². The lowest BCUT2D eigenvalue weighted by atomic mass is 9.95. The number of rotatable bonds is 4. The van der Waals surface area contributed by atoms with Crippen molar-refractivity contribution in [3.05, 3.63) is 106 Å². The van der Waals surface area contributed by atoms with Gasteiger partial charge in [-0.1, -0.05) is 29.8 Å². The monoisotopic (exact) mass is 596 g/mol. The summed E-state index contributed by atoms with van der Waals surface area (Å²) >= 11 is 6.36. The van der Waals surface area contributed by atoms with E-state index in [0.29, 0.717) is 57.8 Å². The molecule has 0 saturated carbocycles. The van der Waals surface area contributed by atoms with Gasteiger partial charge in [0.05, 0.1) is 18.0 Å². The van der Waals surface area contributed by atoms with Crippen LogP contribution < -0.4 is 16.0 Å². The predicted octanol–water partition coefficient (Wildman–Crippen LogP) is 5.38. The van der Waals surface area contributed by atoms with Crippen LogP contribution in [0.1, 0.15) is 40.9 Å². The van der Waals surface area contributed by atoms with E-state index in [1.54, 1.807) is 60.8 Å². The third-order valence-corrected chi connectivity index (χ3v) is 7.64. The van der Waals surface area contributed by atoms with E-state index in [1.807, 2.05) is 11.0 Å². The molecule has 3 heterocycles. The van der Waals surface area contributed by atoms with Crippen molar-refractivity contribution in [1.29, 1.82) is 5.41 Å². The molecule has 4 N–H and O–H groups in total. The maximum Gasteiger partial charge on any atom is 0.257 e. The summed E-state index contributed by atoms with van der Waals surface area (Å²) < 4.78 is 14.8. The molecule has 1 fully saturated rings. The molecule has 1 amide bonds. The largest absolute Gasteiger partial charge is 0.340 e. The first kappa shape index (κ1) is 28.4. The lowest BCUT2D eigenvalue weighted by Crippen LogP contribution is -2.58. The highest BCUT2D eigenvalue weighted by Gasteiger charge is 2.25. The second-order valence-corrected chi connectivity index (χ2v) is 11.2. The molecule has 43 heavy (non-hydrogen) atoms. The number of anilines is 2. The molecule has 1 saturated heterocycles. The molecule has 2 aliphatic rings. The van der Waals surface area contributed by atoms with Gasteiger partial charge in [-0.25, -0.2) is 14.4 Å².